The number of carbonyl (C=O) groups excluding carboxylic acids is 2. The van der Waals surface area contributed by atoms with Crippen molar-refractivity contribution in [1.29, 1.82) is 0 Å². The normalized spacial score (nSPS) is 10.4. The molecule has 6 heteroatoms. The molecule has 1 aromatic heterocycles. The Balaban J connectivity index is 2.82. The molecule has 1 aromatic carbocycles. The molecule has 0 aliphatic rings. The number of halogens is 1. The summed E-state index contributed by atoms with van der Waals surface area (Å²) < 4.78 is 7.30. The SMILES string of the molecule is COC(=O)c1c(NC=O)c2cc(Br)ccc2n1C. The van der Waals surface area contributed by atoms with Gasteiger partial charge < -0.3 is 14.6 Å². The van der Waals surface area contributed by atoms with Crippen molar-refractivity contribution >= 4 is 44.9 Å². The number of fused-ring (bicyclic) bond motifs is 1. The van der Waals surface area contributed by atoms with E-state index in [4.69, 9.17) is 4.74 Å². The number of ether oxygens (including phenoxy) is 1. The summed E-state index contributed by atoms with van der Waals surface area (Å²) in [6, 6.07) is 5.57. The number of anilines is 1. The number of hydrogen-bond donors (Lipinski definition) is 1. The van der Waals surface area contributed by atoms with E-state index >= 15 is 0 Å². The van der Waals surface area contributed by atoms with Gasteiger partial charge in [0.05, 0.1) is 18.3 Å². The van der Waals surface area contributed by atoms with Gasteiger partial charge in [-0.05, 0) is 18.2 Å². The van der Waals surface area contributed by atoms with Crippen LogP contribution in [0.5, 0.6) is 0 Å². The molecule has 1 N–H and O–H groups in total. The molecule has 0 spiro atoms. The van der Waals surface area contributed by atoms with E-state index in [-0.39, 0.29) is 0 Å². The number of hydrogen-bond acceptors (Lipinski definition) is 3. The van der Waals surface area contributed by atoms with Crippen molar-refractivity contribution in [2.45, 2.75) is 0 Å². The number of aromatic nitrogens is 1. The number of methoxy groups -OCH3 is 1. The fourth-order valence-corrected chi connectivity index (χ4v) is 2.32. The highest BCUT2D eigenvalue weighted by atomic mass is 79.9. The number of nitrogens with zero attached hydrogens (tertiary/aromatic N) is 1. The van der Waals surface area contributed by atoms with Crippen LogP contribution < -0.4 is 5.32 Å². The molecule has 1 heterocycles. The molecule has 0 aliphatic carbocycles. The van der Waals surface area contributed by atoms with Crippen LogP contribution in [0.25, 0.3) is 10.9 Å². The molecule has 5 nitrogen and oxygen atoms in total. The van der Waals surface area contributed by atoms with Crippen LogP contribution in [-0.4, -0.2) is 24.1 Å². The zero-order valence-electron chi connectivity index (χ0n) is 9.86. The van der Waals surface area contributed by atoms with Crippen molar-refractivity contribution in [3.8, 4) is 0 Å². The molecular formula is C12H11BrN2O3. The van der Waals surface area contributed by atoms with Gasteiger partial charge in [0.15, 0.2) is 5.69 Å². The molecule has 1 amide bonds. The molecule has 0 saturated heterocycles. The van der Waals surface area contributed by atoms with Gasteiger partial charge in [-0.1, -0.05) is 15.9 Å². The highest BCUT2D eigenvalue weighted by molar-refractivity contribution is 9.10. The Bertz CT molecular complexity index is 634. The third kappa shape index (κ3) is 1.88. The lowest BCUT2D eigenvalue weighted by Crippen LogP contribution is -2.10. The van der Waals surface area contributed by atoms with E-state index in [1.165, 1.54) is 7.11 Å². The topological polar surface area (TPSA) is 60.3 Å². The van der Waals surface area contributed by atoms with Gasteiger partial charge in [-0.15, -0.1) is 0 Å². The maximum absolute atomic E-state index is 11.8. The van der Waals surface area contributed by atoms with Gasteiger partial charge in [-0.2, -0.15) is 0 Å². The molecule has 0 bridgehead atoms. The molecule has 2 rings (SSSR count). The third-order valence-electron chi connectivity index (χ3n) is 2.74. The molecule has 0 aliphatic heterocycles. The summed E-state index contributed by atoms with van der Waals surface area (Å²) in [4.78, 5) is 22.5. The van der Waals surface area contributed by atoms with E-state index in [1.54, 1.807) is 11.6 Å². The van der Waals surface area contributed by atoms with Crippen LogP contribution >= 0.6 is 15.9 Å². The molecule has 0 unspecified atom stereocenters. The maximum atomic E-state index is 11.8. The van der Waals surface area contributed by atoms with Gasteiger partial charge >= 0.3 is 5.97 Å². The summed E-state index contributed by atoms with van der Waals surface area (Å²) >= 11 is 3.36. The average Bonchev–Trinajstić information content (AvgIpc) is 2.62. The largest absolute Gasteiger partial charge is 0.464 e. The van der Waals surface area contributed by atoms with Gasteiger partial charge in [0.2, 0.25) is 6.41 Å². The number of esters is 1. The van der Waals surface area contributed by atoms with Crippen LogP contribution in [0.2, 0.25) is 0 Å². The first-order valence-corrected chi connectivity index (χ1v) is 5.96. The van der Waals surface area contributed by atoms with E-state index in [1.807, 2.05) is 18.2 Å². The van der Waals surface area contributed by atoms with Gasteiger partial charge in [-0.3, -0.25) is 4.79 Å². The lowest BCUT2D eigenvalue weighted by Gasteiger charge is -2.04. The summed E-state index contributed by atoms with van der Waals surface area (Å²) in [5, 5.41) is 3.34. The lowest BCUT2D eigenvalue weighted by atomic mass is 10.2. The van der Waals surface area contributed by atoms with Gasteiger partial charge in [-0.25, -0.2) is 4.79 Å². The summed E-state index contributed by atoms with van der Waals surface area (Å²) in [5.74, 6) is -0.492. The molecule has 0 radical (unpaired) electrons. The molecule has 0 saturated carbocycles. The number of amides is 1. The highest BCUT2D eigenvalue weighted by Gasteiger charge is 2.21. The summed E-state index contributed by atoms with van der Waals surface area (Å²) in [5.41, 5.74) is 1.61. The maximum Gasteiger partial charge on any atom is 0.356 e. The van der Waals surface area contributed by atoms with E-state index in [0.29, 0.717) is 17.8 Å². The first-order valence-electron chi connectivity index (χ1n) is 5.16. The van der Waals surface area contributed by atoms with E-state index in [0.717, 1.165) is 15.4 Å². The van der Waals surface area contributed by atoms with Gasteiger partial charge in [0.25, 0.3) is 0 Å². The fourth-order valence-electron chi connectivity index (χ4n) is 1.96. The van der Waals surface area contributed by atoms with Crippen molar-refractivity contribution in [2.24, 2.45) is 7.05 Å². The molecular weight excluding hydrogens is 300 g/mol. The van der Waals surface area contributed by atoms with Crippen molar-refractivity contribution < 1.29 is 14.3 Å². The zero-order chi connectivity index (χ0) is 13.3. The standard InChI is InChI=1S/C12H11BrN2O3/c1-15-9-4-3-7(13)5-8(9)10(14-6-16)11(15)12(17)18-2/h3-6H,1-2H3,(H,14,16). The van der Waals surface area contributed by atoms with Crippen molar-refractivity contribution in [3.63, 3.8) is 0 Å². The predicted molar refractivity (Wildman–Crippen MR) is 71.6 cm³/mol. The first kappa shape index (κ1) is 12.6. The van der Waals surface area contributed by atoms with Crippen LogP contribution in [0, 0.1) is 0 Å². The highest BCUT2D eigenvalue weighted by Crippen LogP contribution is 2.32. The van der Waals surface area contributed by atoms with Crippen LogP contribution in [-0.2, 0) is 16.6 Å². The Morgan fingerprint density at radius 1 is 1.50 bits per heavy atom. The van der Waals surface area contributed by atoms with Gasteiger partial charge in [0, 0.05) is 16.9 Å². The summed E-state index contributed by atoms with van der Waals surface area (Å²) in [6.07, 6.45) is 0.544. The smallest absolute Gasteiger partial charge is 0.356 e. The van der Waals surface area contributed by atoms with Crippen LogP contribution in [0.3, 0.4) is 0 Å². The first-order chi connectivity index (χ1) is 8.60. The van der Waals surface area contributed by atoms with E-state index in [9.17, 15) is 9.59 Å². The number of benzene rings is 1. The quantitative estimate of drug-likeness (QED) is 0.699. The van der Waals surface area contributed by atoms with E-state index < -0.39 is 5.97 Å². The fraction of sp³-hybridized carbons (Fsp3) is 0.167. The van der Waals surface area contributed by atoms with Crippen molar-refractivity contribution in [2.75, 3.05) is 12.4 Å². The summed E-state index contributed by atoms with van der Waals surface area (Å²) in [7, 11) is 3.05. The lowest BCUT2D eigenvalue weighted by molar-refractivity contribution is -0.105. The second kappa shape index (κ2) is 4.81. The average molecular weight is 311 g/mol. The second-order valence-corrected chi connectivity index (χ2v) is 4.61. The van der Waals surface area contributed by atoms with E-state index in [2.05, 4.69) is 21.2 Å². The third-order valence-corrected chi connectivity index (χ3v) is 3.24. The summed E-state index contributed by atoms with van der Waals surface area (Å²) in [6.45, 7) is 0. The van der Waals surface area contributed by atoms with Crippen LogP contribution in [0.4, 0.5) is 5.69 Å². The molecule has 0 fully saturated rings. The Hall–Kier alpha value is -1.82. The molecule has 18 heavy (non-hydrogen) atoms. The van der Waals surface area contributed by atoms with Crippen molar-refractivity contribution in [3.05, 3.63) is 28.4 Å². The number of carbonyl (C=O) groups is 2. The molecule has 2 aromatic rings. The monoisotopic (exact) mass is 310 g/mol. The minimum Gasteiger partial charge on any atom is -0.464 e. The Morgan fingerprint density at radius 2 is 2.22 bits per heavy atom. The van der Waals surface area contributed by atoms with Crippen molar-refractivity contribution in [1.82, 2.24) is 4.57 Å². The Morgan fingerprint density at radius 3 is 2.83 bits per heavy atom. The number of nitrogens with one attached hydrogen (secondary N) is 1. The predicted octanol–water partition coefficient (Wildman–Crippen LogP) is 2.30. The molecule has 0 atom stereocenters. The number of rotatable bonds is 3. The zero-order valence-corrected chi connectivity index (χ0v) is 11.4. The minimum absolute atomic E-state index is 0.317. The van der Waals surface area contributed by atoms with Crippen LogP contribution in [0.1, 0.15) is 10.5 Å². The molecule has 94 valence electrons. The second-order valence-electron chi connectivity index (χ2n) is 3.70. The Kier molecular flexibility index (Phi) is 3.38. The van der Waals surface area contributed by atoms with Crippen LogP contribution in [0.15, 0.2) is 22.7 Å². The minimum atomic E-state index is -0.492. The Labute approximate surface area is 112 Å². The number of aryl methyl sites for hydroxylation is 1. The van der Waals surface area contributed by atoms with Gasteiger partial charge in [0.1, 0.15) is 0 Å².